The van der Waals surface area contributed by atoms with Gasteiger partial charge in [0.2, 0.25) is 5.28 Å². The molecule has 100 valence electrons. The summed E-state index contributed by atoms with van der Waals surface area (Å²) < 4.78 is 0. The van der Waals surface area contributed by atoms with Crippen molar-refractivity contribution in [3.63, 3.8) is 0 Å². The minimum atomic E-state index is 0.178. The zero-order valence-corrected chi connectivity index (χ0v) is 12.1. The van der Waals surface area contributed by atoms with E-state index in [1.807, 2.05) is 24.3 Å². The lowest BCUT2D eigenvalue weighted by atomic mass is 10.2. The maximum Gasteiger partial charge on any atom is 0.223 e. The quantitative estimate of drug-likeness (QED) is 0.579. The molecule has 0 aliphatic heterocycles. The van der Waals surface area contributed by atoms with Gasteiger partial charge in [-0.1, -0.05) is 18.2 Å². The first-order valence-corrected chi connectivity index (χ1v) is 7.02. The fourth-order valence-corrected chi connectivity index (χ4v) is 2.97. The zero-order chi connectivity index (χ0) is 14.1. The van der Waals surface area contributed by atoms with Gasteiger partial charge in [0.15, 0.2) is 0 Å². The number of halogens is 1. The summed E-state index contributed by atoms with van der Waals surface area (Å²) in [6.07, 6.45) is 1.52. The maximum absolute atomic E-state index is 6.00. The van der Waals surface area contributed by atoms with Crippen LogP contribution in [0.1, 0.15) is 5.69 Å². The molecule has 0 aliphatic carbocycles. The second-order valence-corrected chi connectivity index (χ2v) is 5.41. The maximum atomic E-state index is 6.00. The van der Waals surface area contributed by atoms with Gasteiger partial charge in [-0.25, -0.2) is 19.9 Å². The van der Waals surface area contributed by atoms with Crippen molar-refractivity contribution in [1.29, 1.82) is 0 Å². The standard InChI is InChI=1S/C13H10ClN5S/c1-7-10(15)12(19-13(14)18-7)20-11-8-4-2-3-5-9(8)16-6-17-11/h2-6H,15H2,1H3. The van der Waals surface area contributed by atoms with E-state index < -0.39 is 0 Å². The molecule has 0 unspecified atom stereocenters. The Labute approximate surface area is 124 Å². The number of hydrogen-bond donors (Lipinski definition) is 1. The minimum Gasteiger partial charge on any atom is -0.395 e. The molecule has 0 fully saturated rings. The van der Waals surface area contributed by atoms with Gasteiger partial charge in [0, 0.05) is 5.39 Å². The van der Waals surface area contributed by atoms with E-state index in [0.717, 1.165) is 15.9 Å². The van der Waals surface area contributed by atoms with E-state index in [0.29, 0.717) is 16.4 Å². The van der Waals surface area contributed by atoms with Crippen molar-refractivity contribution in [2.75, 3.05) is 5.73 Å². The Morgan fingerprint density at radius 1 is 1.10 bits per heavy atom. The van der Waals surface area contributed by atoms with E-state index in [1.165, 1.54) is 18.1 Å². The van der Waals surface area contributed by atoms with Gasteiger partial charge < -0.3 is 5.73 Å². The first-order chi connectivity index (χ1) is 9.65. The molecule has 2 aromatic heterocycles. The van der Waals surface area contributed by atoms with Crippen molar-refractivity contribution in [2.45, 2.75) is 17.0 Å². The number of nitrogens with zero attached hydrogens (tertiary/aromatic N) is 4. The van der Waals surface area contributed by atoms with Crippen LogP contribution in [0.2, 0.25) is 5.28 Å². The molecule has 0 saturated heterocycles. The second kappa shape index (κ2) is 5.22. The van der Waals surface area contributed by atoms with Gasteiger partial charge in [0.05, 0.1) is 16.9 Å². The highest BCUT2D eigenvalue weighted by Crippen LogP contribution is 2.34. The summed E-state index contributed by atoms with van der Waals surface area (Å²) in [6.45, 7) is 1.80. The molecule has 3 rings (SSSR count). The topological polar surface area (TPSA) is 77.6 Å². The highest BCUT2D eigenvalue weighted by molar-refractivity contribution is 7.99. The van der Waals surface area contributed by atoms with Crippen LogP contribution >= 0.6 is 23.4 Å². The zero-order valence-electron chi connectivity index (χ0n) is 10.5. The lowest BCUT2D eigenvalue weighted by molar-refractivity contribution is 1.01. The van der Waals surface area contributed by atoms with Crippen molar-refractivity contribution in [3.05, 3.63) is 41.6 Å². The van der Waals surface area contributed by atoms with E-state index in [2.05, 4.69) is 19.9 Å². The Morgan fingerprint density at radius 3 is 2.75 bits per heavy atom. The Hall–Kier alpha value is -1.92. The predicted octanol–water partition coefficient (Wildman–Crippen LogP) is 3.12. The fraction of sp³-hybridized carbons (Fsp3) is 0.0769. The van der Waals surface area contributed by atoms with Gasteiger partial charge in [-0.05, 0) is 36.4 Å². The largest absolute Gasteiger partial charge is 0.395 e. The molecule has 0 radical (unpaired) electrons. The number of aryl methyl sites for hydroxylation is 1. The number of nitrogens with two attached hydrogens (primary N) is 1. The summed E-state index contributed by atoms with van der Waals surface area (Å²) in [5.74, 6) is 0. The third kappa shape index (κ3) is 2.39. The Balaban J connectivity index is 2.10. The number of anilines is 1. The van der Waals surface area contributed by atoms with E-state index in [-0.39, 0.29) is 5.28 Å². The summed E-state index contributed by atoms with van der Waals surface area (Å²) in [4.78, 5) is 16.7. The molecule has 0 bridgehead atoms. The highest BCUT2D eigenvalue weighted by Gasteiger charge is 2.12. The molecule has 0 spiro atoms. The molecule has 20 heavy (non-hydrogen) atoms. The SMILES string of the molecule is Cc1nc(Cl)nc(Sc2ncnc3ccccc23)c1N. The van der Waals surface area contributed by atoms with E-state index >= 15 is 0 Å². The number of rotatable bonds is 2. The third-order valence-corrected chi connectivity index (χ3v) is 3.97. The number of para-hydroxylation sites is 1. The van der Waals surface area contributed by atoms with Crippen molar-refractivity contribution in [2.24, 2.45) is 0 Å². The molecule has 1 aromatic carbocycles. The molecule has 0 aliphatic rings. The summed E-state index contributed by atoms with van der Waals surface area (Å²) >= 11 is 7.24. The smallest absolute Gasteiger partial charge is 0.223 e. The van der Waals surface area contributed by atoms with Crippen LogP contribution in [0, 0.1) is 6.92 Å². The van der Waals surface area contributed by atoms with Crippen LogP contribution in [0.3, 0.4) is 0 Å². The number of hydrogen-bond acceptors (Lipinski definition) is 6. The first-order valence-electron chi connectivity index (χ1n) is 5.82. The summed E-state index contributed by atoms with van der Waals surface area (Å²) in [6, 6.07) is 7.77. The van der Waals surface area contributed by atoms with Crippen LogP contribution in [-0.2, 0) is 0 Å². The number of aromatic nitrogens is 4. The van der Waals surface area contributed by atoms with Crippen molar-refractivity contribution in [1.82, 2.24) is 19.9 Å². The Bertz CT molecular complexity index is 788. The molecule has 0 saturated carbocycles. The first kappa shape index (κ1) is 13.1. The molecule has 2 heterocycles. The second-order valence-electron chi connectivity index (χ2n) is 4.09. The number of fused-ring (bicyclic) bond motifs is 1. The van der Waals surface area contributed by atoms with Crippen LogP contribution in [-0.4, -0.2) is 19.9 Å². The van der Waals surface area contributed by atoms with E-state index in [4.69, 9.17) is 17.3 Å². The summed E-state index contributed by atoms with van der Waals surface area (Å²) in [5.41, 5.74) is 8.04. The van der Waals surface area contributed by atoms with Gasteiger partial charge in [-0.2, -0.15) is 0 Å². The van der Waals surface area contributed by atoms with Crippen LogP contribution in [0.5, 0.6) is 0 Å². The van der Waals surface area contributed by atoms with Crippen LogP contribution in [0.25, 0.3) is 10.9 Å². The number of nitrogen functional groups attached to an aromatic ring is 1. The molecule has 5 nitrogen and oxygen atoms in total. The molecule has 7 heteroatoms. The molecular weight excluding hydrogens is 294 g/mol. The molecule has 3 aromatic rings. The van der Waals surface area contributed by atoms with Crippen molar-refractivity contribution >= 4 is 40.0 Å². The van der Waals surface area contributed by atoms with Crippen molar-refractivity contribution in [3.8, 4) is 0 Å². The number of benzene rings is 1. The monoisotopic (exact) mass is 303 g/mol. The lowest BCUT2D eigenvalue weighted by Gasteiger charge is -2.08. The van der Waals surface area contributed by atoms with Gasteiger partial charge in [-0.3, -0.25) is 0 Å². The Morgan fingerprint density at radius 2 is 1.90 bits per heavy atom. The lowest BCUT2D eigenvalue weighted by Crippen LogP contribution is -1.99. The van der Waals surface area contributed by atoms with Crippen LogP contribution in [0.4, 0.5) is 5.69 Å². The van der Waals surface area contributed by atoms with Crippen molar-refractivity contribution < 1.29 is 0 Å². The fourth-order valence-electron chi connectivity index (χ4n) is 1.75. The molecule has 0 atom stereocenters. The molecule has 2 N–H and O–H groups in total. The van der Waals surface area contributed by atoms with E-state index in [9.17, 15) is 0 Å². The van der Waals surface area contributed by atoms with Crippen LogP contribution < -0.4 is 5.73 Å². The highest BCUT2D eigenvalue weighted by atomic mass is 35.5. The Kier molecular flexibility index (Phi) is 3.42. The van der Waals surface area contributed by atoms with Gasteiger partial charge in [0.25, 0.3) is 0 Å². The predicted molar refractivity (Wildman–Crippen MR) is 79.9 cm³/mol. The van der Waals surface area contributed by atoms with Gasteiger partial charge in [-0.15, -0.1) is 0 Å². The average molecular weight is 304 g/mol. The van der Waals surface area contributed by atoms with Gasteiger partial charge >= 0.3 is 0 Å². The van der Waals surface area contributed by atoms with E-state index in [1.54, 1.807) is 6.92 Å². The summed E-state index contributed by atoms with van der Waals surface area (Å²) in [7, 11) is 0. The molecular formula is C13H10ClN5S. The van der Waals surface area contributed by atoms with Gasteiger partial charge in [0.1, 0.15) is 16.4 Å². The average Bonchev–Trinajstić information content (AvgIpc) is 2.44. The normalized spacial score (nSPS) is 10.9. The molecule has 0 amide bonds. The third-order valence-electron chi connectivity index (χ3n) is 2.77. The minimum absolute atomic E-state index is 0.178. The summed E-state index contributed by atoms with van der Waals surface area (Å²) in [5, 5.41) is 2.52. The van der Waals surface area contributed by atoms with Crippen LogP contribution in [0.15, 0.2) is 40.6 Å².